The summed E-state index contributed by atoms with van der Waals surface area (Å²) in [7, 11) is 0. The Morgan fingerprint density at radius 2 is 2.09 bits per heavy atom. The predicted octanol–water partition coefficient (Wildman–Crippen LogP) is 2.39. The fourth-order valence-corrected chi connectivity index (χ4v) is 3.01. The summed E-state index contributed by atoms with van der Waals surface area (Å²) in [5.74, 6) is 0. The highest BCUT2D eigenvalue weighted by molar-refractivity contribution is 5.94. The first-order valence-corrected chi connectivity index (χ1v) is 8.22. The molecule has 5 nitrogen and oxygen atoms in total. The van der Waals surface area contributed by atoms with Crippen molar-refractivity contribution < 1.29 is 9.53 Å². The lowest BCUT2D eigenvalue weighted by Gasteiger charge is -2.29. The minimum absolute atomic E-state index is 0.0206. The van der Waals surface area contributed by atoms with Crippen LogP contribution in [0.1, 0.15) is 25.8 Å². The number of fused-ring (bicyclic) bond motifs is 1. The van der Waals surface area contributed by atoms with Gasteiger partial charge in [-0.3, -0.25) is 4.90 Å². The van der Waals surface area contributed by atoms with E-state index in [2.05, 4.69) is 35.3 Å². The molecule has 0 aromatic heterocycles. The Balaban J connectivity index is 1.73. The van der Waals surface area contributed by atoms with Crippen LogP contribution in [0.5, 0.6) is 0 Å². The van der Waals surface area contributed by atoms with Crippen molar-refractivity contribution in [3.63, 3.8) is 0 Å². The molecule has 1 saturated heterocycles. The van der Waals surface area contributed by atoms with E-state index in [0.717, 1.165) is 51.4 Å². The monoisotopic (exact) mass is 303 g/mol. The number of anilines is 2. The van der Waals surface area contributed by atoms with Gasteiger partial charge in [-0.2, -0.15) is 0 Å². The molecule has 1 N–H and O–H groups in total. The Morgan fingerprint density at radius 3 is 2.82 bits per heavy atom. The molecule has 0 bridgehead atoms. The molecule has 1 fully saturated rings. The molecular weight excluding hydrogens is 278 g/mol. The Bertz CT molecular complexity index is 541. The minimum atomic E-state index is 0.0206. The van der Waals surface area contributed by atoms with Crippen molar-refractivity contribution in [1.29, 1.82) is 0 Å². The molecule has 5 heteroatoms. The number of ether oxygens (including phenoxy) is 1. The van der Waals surface area contributed by atoms with Crippen LogP contribution < -0.4 is 15.1 Å². The Kier molecular flexibility index (Phi) is 4.52. The summed E-state index contributed by atoms with van der Waals surface area (Å²) >= 11 is 0. The summed E-state index contributed by atoms with van der Waals surface area (Å²) in [6.07, 6.45) is 1.88. The average Bonchev–Trinajstić information content (AvgIpc) is 2.98. The number of urea groups is 1. The highest BCUT2D eigenvalue weighted by Crippen LogP contribution is 2.32. The predicted molar refractivity (Wildman–Crippen MR) is 88.8 cm³/mol. The van der Waals surface area contributed by atoms with Crippen LogP contribution in [-0.4, -0.2) is 44.9 Å². The summed E-state index contributed by atoms with van der Waals surface area (Å²) in [6, 6.07) is 6.68. The first-order chi connectivity index (χ1) is 10.7. The Hall–Kier alpha value is -1.75. The molecule has 1 aromatic rings. The molecule has 0 aliphatic carbocycles. The minimum Gasteiger partial charge on any atom is -0.378 e. The van der Waals surface area contributed by atoms with Gasteiger partial charge in [0.25, 0.3) is 0 Å². The largest absolute Gasteiger partial charge is 0.378 e. The van der Waals surface area contributed by atoms with Crippen LogP contribution >= 0.6 is 0 Å². The third kappa shape index (κ3) is 3.04. The van der Waals surface area contributed by atoms with Gasteiger partial charge in [0, 0.05) is 37.1 Å². The maximum Gasteiger partial charge on any atom is 0.322 e. The van der Waals surface area contributed by atoms with E-state index in [1.165, 1.54) is 11.3 Å². The molecule has 2 heterocycles. The van der Waals surface area contributed by atoms with E-state index in [0.29, 0.717) is 0 Å². The maximum atomic E-state index is 12.4. The number of hydrogen-bond donors (Lipinski definition) is 1. The van der Waals surface area contributed by atoms with E-state index in [-0.39, 0.29) is 12.1 Å². The fraction of sp³-hybridized carbons (Fsp3) is 0.588. The molecule has 0 spiro atoms. The van der Waals surface area contributed by atoms with Crippen LogP contribution in [0, 0.1) is 0 Å². The number of carbonyl (C=O) groups is 1. The molecule has 1 atom stereocenters. The van der Waals surface area contributed by atoms with Crippen molar-refractivity contribution >= 4 is 17.4 Å². The number of hydrogen-bond acceptors (Lipinski definition) is 3. The lowest BCUT2D eigenvalue weighted by atomic mass is 10.1. The van der Waals surface area contributed by atoms with Crippen molar-refractivity contribution in [1.82, 2.24) is 5.32 Å². The molecule has 0 saturated carbocycles. The van der Waals surface area contributed by atoms with Crippen LogP contribution in [-0.2, 0) is 11.2 Å². The first-order valence-electron chi connectivity index (χ1n) is 8.22. The lowest BCUT2D eigenvalue weighted by molar-refractivity contribution is 0.122. The van der Waals surface area contributed by atoms with Gasteiger partial charge in [0.15, 0.2) is 0 Å². The van der Waals surface area contributed by atoms with Crippen LogP contribution in [0.25, 0.3) is 0 Å². The van der Waals surface area contributed by atoms with E-state index < -0.39 is 0 Å². The second-order valence-corrected chi connectivity index (χ2v) is 6.07. The topological polar surface area (TPSA) is 44.8 Å². The average molecular weight is 303 g/mol. The van der Waals surface area contributed by atoms with E-state index in [9.17, 15) is 4.79 Å². The van der Waals surface area contributed by atoms with E-state index in [1.54, 1.807) is 0 Å². The van der Waals surface area contributed by atoms with Gasteiger partial charge in [-0.1, -0.05) is 6.92 Å². The summed E-state index contributed by atoms with van der Waals surface area (Å²) in [5.41, 5.74) is 3.56. The third-order valence-electron chi connectivity index (χ3n) is 4.56. The van der Waals surface area contributed by atoms with E-state index in [4.69, 9.17) is 4.74 Å². The molecule has 2 aliphatic rings. The molecule has 2 amide bonds. The standard InChI is InChI=1S/C17H25N3O2/c1-3-13(2)18-17(21)20-7-6-14-12-15(4-5-16(14)20)19-8-10-22-11-9-19/h4-5,12-13H,3,6-11H2,1-2H3,(H,18,21). The number of nitrogens with one attached hydrogen (secondary N) is 1. The summed E-state index contributed by atoms with van der Waals surface area (Å²) in [6.45, 7) is 8.35. The Labute approximate surface area is 132 Å². The molecule has 1 unspecified atom stereocenters. The van der Waals surface area contributed by atoms with Gasteiger partial charge in [0.1, 0.15) is 0 Å². The lowest BCUT2D eigenvalue weighted by Crippen LogP contribution is -2.43. The van der Waals surface area contributed by atoms with Crippen LogP contribution in [0.4, 0.5) is 16.2 Å². The SMILES string of the molecule is CCC(C)NC(=O)N1CCc2cc(N3CCOCC3)ccc21. The van der Waals surface area contributed by atoms with Gasteiger partial charge in [-0.15, -0.1) is 0 Å². The number of morpholine rings is 1. The number of benzene rings is 1. The quantitative estimate of drug-likeness (QED) is 0.932. The second kappa shape index (κ2) is 6.57. The third-order valence-corrected chi connectivity index (χ3v) is 4.56. The highest BCUT2D eigenvalue weighted by atomic mass is 16.5. The molecule has 3 rings (SSSR count). The van der Waals surface area contributed by atoms with Crippen molar-refractivity contribution in [2.24, 2.45) is 0 Å². The van der Waals surface area contributed by atoms with Crippen molar-refractivity contribution in [3.8, 4) is 0 Å². The van der Waals surface area contributed by atoms with Gasteiger partial charge in [0.2, 0.25) is 0 Å². The first kappa shape index (κ1) is 15.2. The molecule has 1 aromatic carbocycles. The van der Waals surface area contributed by atoms with Crippen LogP contribution in [0.2, 0.25) is 0 Å². The van der Waals surface area contributed by atoms with Gasteiger partial charge in [-0.05, 0) is 43.5 Å². The van der Waals surface area contributed by atoms with Crippen molar-refractivity contribution in [2.75, 3.05) is 42.6 Å². The zero-order chi connectivity index (χ0) is 15.5. The Morgan fingerprint density at radius 1 is 1.32 bits per heavy atom. The number of amides is 2. The molecule has 2 aliphatic heterocycles. The summed E-state index contributed by atoms with van der Waals surface area (Å²) in [5, 5.41) is 3.05. The summed E-state index contributed by atoms with van der Waals surface area (Å²) in [4.78, 5) is 16.6. The van der Waals surface area contributed by atoms with Crippen molar-refractivity contribution in [3.05, 3.63) is 23.8 Å². The van der Waals surface area contributed by atoms with Gasteiger partial charge < -0.3 is 15.0 Å². The zero-order valence-corrected chi connectivity index (χ0v) is 13.5. The van der Waals surface area contributed by atoms with E-state index >= 15 is 0 Å². The van der Waals surface area contributed by atoms with Gasteiger partial charge in [-0.25, -0.2) is 4.79 Å². The molecule has 22 heavy (non-hydrogen) atoms. The van der Waals surface area contributed by atoms with Gasteiger partial charge >= 0.3 is 6.03 Å². The van der Waals surface area contributed by atoms with Gasteiger partial charge in [0.05, 0.1) is 13.2 Å². The number of nitrogens with zero attached hydrogens (tertiary/aromatic N) is 2. The molecule has 120 valence electrons. The van der Waals surface area contributed by atoms with E-state index in [1.807, 2.05) is 11.8 Å². The zero-order valence-electron chi connectivity index (χ0n) is 13.5. The number of rotatable bonds is 3. The highest BCUT2D eigenvalue weighted by Gasteiger charge is 2.26. The van der Waals surface area contributed by atoms with Crippen LogP contribution in [0.3, 0.4) is 0 Å². The fourth-order valence-electron chi connectivity index (χ4n) is 3.01. The number of carbonyl (C=O) groups excluding carboxylic acids is 1. The van der Waals surface area contributed by atoms with Crippen LogP contribution in [0.15, 0.2) is 18.2 Å². The molecular formula is C17H25N3O2. The summed E-state index contributed by atoms with van der Waals surface area (Å²) < 4.78 is 5.41. The smallest absolute Gasteiger partial charge is 0.322 e. The second-order valence-electron chi connectivity index (χ2n) is 6.07. The maximum absolute atomic E-state index is 12.4. The normalized spacial score (nSPS) is 19.0. The van der Waals surface area contributed by atoms with Crippen molar-refractivity contribution in [2.45, 2.75) is 32.7 Å². The molecule has 0 radical (unpaired) electrons.